The highest BCUT2D eigenvalue weighted by molar-refractivity contribution is 14.1. The third-order valence-corrected chi connectivity index (χ3v) is 3.31. The first kappa shape index (κ1) is 14.4. The van der Waals surface area contributed by atoms with E-state index in [9.17, 15) is 4.79 Å². The number of carbonyl (C=O) groups excluding carboxylic acids is 1. The molecular weight excluding hydrogens is 398 g/mol. The van der Waals surface area contributed by atoms with Crippen molar-refractivity contribution in [3.63, 3.8) is 0 Å². The molecule has 2 amide bonds. The maximum Gasteiger partial charge on any atom is 0.323 e. The minimum atomic E-state index is -0.347. The summed E-state index contributed by atoms with van der Waals surface area (Å²) >= 11 is 13.9. The zero-order valence-electron chi connectivity index (χ0n) is 9.58. The summed E-state index contributed by atoms with van der Waals surface area (Å²) in [6.45, 7) is 0. The fraction of sp³-hybridized carbons (Fsp3) is 0. The second-order valence-electron chi connectivity index (χ2n) is 3.75. The summed E-state index contributed by atoms with van der Waals surface area (Å²) in [6.07, 6.45) is 0. The molecule has 98 valence electrons. The molecule has 2 aromatic carbocycles. The molecule has 0 atom stereocenters. The average Bonchev–Trinajstić information content (AvgIpc) is 2.26. The molecule has 0 bridgehead atoms. The minimum Gasteiger partial charge on any atom is -0.308 e. The Morgan fingerprint density at radius 2 is 1.58 bits per heavy atom. The van der Waals surface area contributed by atoms with Crippen LogP contribution in [0.2, 0.25) is 10.0 Å². The van der Waals surface area contributed by atoms with Gasteiger partial charge in [0.25, 0.3) is 0 Å². The van der Waals surface area contributed by atoms with Crippen LogP contribution in [0.15, 0.2) is 42.5 Å². The number of urea groups is 1. The fourth-order valence-electron chi connectivity index (χ4n) is 1.49. The van der Waals surface area contributed by atoms with Gasteiger partial charge in [-0.3, -0.25) is 0 Å². The van der Waals surface area contributed by atoms with E-state index in [4.69, 9.17) is 23.2 Å². The van der Waals surface area contributed by atoms with E-state index >= 15 is 0 Å². The van der Waals surface area contributed by atoms with Crippen LogP contribution < -0.4 is 10.6 Å². The fourth-order valence-corrected chi connectivity index (χ4v) is 2.55. The van der Waals surface area contributed by atoms with Gasteiger partial charge >= 0.3 is 6.03 Å². The smallest absolute Gasteiger partial charge is 0.308 e. The first-order valence-electron chi connectivity index (χ1n) is 5.32. The SMILES string of the molecule is O=C(Nc1cc(Cl)cc(Cl)c1)Nc1cccc(I)c1. The largest absolute Gasteiger partial charge is 0.323 e. The van der Waals surface area contributed by atoms with Crippen LogP contribution in [0.5, 0.6) is 0 Å². The predicted molar refractivity (Wildman–Crippen MR) is 88.3 cm³/mol. The summed E-state index contributed by atoms with van der Waals surface area (Å²) in [5.41, 5.74) is 1.26. The van der Waals surface area contributed by atoms with Crippen molar-refractivity contribution in [2.24, 2.45) is 0 Å². The first-order valence-corrected chi connectivity index (χ1v) is 7.16. The lowest BCUT2D eigenvalue weighted by atomic mass is 10.3. The van der Waals surface area contributed by atoms with E-state index in [1.807, 2.05) is 24.3 Å². The van der Waals surface area contributed by atoms with Gasteiger partial charge in [0.2, 0.25) is 0 Å². The normalized spacial score (nSPS) is 10.1. The van der Waals surface area contributed by atoms with Crippen LogP contribution in [0.4, 0.5) is 16.2 Å². The van der Waals surface area contributed by atoms with Gasteiger partial charge in [-0.25, -0.2) is 4.79 Å². The van der Waals surface area contributed by atoms with E-state index < -0.39 is 0 Å². The van der Waals surface area contributed by atoms with E-state index in [2.05, 4.69) is 33.2 Å². The number of nitrogens with one attached hydrogen (secondary N) is 2. The van der Waals surface area contributed by atoms with Gasteiger partial charge in [-0.15, -0.1) is 0 Å². The Balaban J connectivity index is 2.05. The maximum atomic E-state index is 11.8. The van der Waals surface area contributed by atoms with Crippen LogP contribution in [-0.2, 0) is 0 Å². The number of rotatable bonds is 2. The molecule has 2 N–H and O–H groups in total. The molecule has 6 heteroatoms. The van der Waals surface area contributed by atoms with Crippen molar-refractivity contribution in [3.05, 3.63) is 56.1 Å². The molecule has 0 saturated heterocycles. The molecule has 0 aromatic heterocycles. The Kier molecular flexibility index (Phi) is 4.90. The quantitative estimate of drug-likeness (QED) is 0.657. The summed E-state index contributed by atoms with van der Waals surface area (Å²) in [6, 6.07) is 12.0. The lowest BCUT2D eigenvalue weighted by Gasteiger charge is -2.08. The number of hydrogen-bond acceptors (Lipinski definition) is 1. The van der Waals surface area contributed by atoms with Gasteiger partial charge in [0.15, 0.2) is 0 Å². The molecule has 0 aliphatic heterocycles. The van der Waals surface area contributed by atoms with Gasteiger partial charge in [-0.1, -0.05) is 29.3 Å². The molecule has 0 saturated carbocycles. The average molecular weight is 407 g/mol. The Morgan fingerprint density at radius 3 is 2.21 bits per heavy atom. The maximum absolute atomic E-state index is 11.8. The van der Waals surface area contributed by atoms with Crippen LogP contribution in [0.3, 0.4) is 0 Å². The second-order valence-corrected chi connectivity index (χ2v) is 5.87. The molecular formula is C13H9Cl2IN2O. The molecule has 0 aliphatic rings. The Hall–Kier alpha value is -0.980. The topological polar surface area (TPSA) is 41.1 Å². The third-order valence-electron chi connectivity index (χ3n) is 2.20. The van der Waals surface area contributed by atoms with Crippen molar-refractivity contribution in [3.8, 4) is 0 Å². The lowest BCUT2D eigenvalue weighted by Crippen LogP contribution is -2.19. The highest BCUT2D eigenvalue weighted by Crippen LogP contribution is 2.22. The van der Waals surface area contributed by atoms with Gasteiger partial charge in [0, 0.05) is 25.0 Å². The predicted octanol–water partition coefficient (Wildman–Crippen LogP) is 5.24. The Bertz CT molecular complexity index is 599. The van der Waals surface area contributed by atoms with Gasteiger partial charge in [0.1, 0.15) is 0 Å². The lowest BCUT2D eigenvalue weighted by molar-refractivity contribution is 0.262. The molecule has 0 fully saturated rings. The van der Waals surface area contributed by atoms with Crippen LogP contribution in [-0.4, -0.2) is 6.03 Å². The molecule has 0 radical (unpaired) electrons. The second kappa shape index (κ2) is 6.45. The molecule has 19 heavy (non-hydrogen) atoms. The van der Waals surface area contributed by atoms with Crippen molar-refractivity contribution in [2.75, 3.05) is 10.6 Å². The van der Waals surface area contributed by atoms with E-state index in [1.165, 1.54) is 0 Å². The number of carbonyl (C=O) groups is 1. The standard InChI is InChI=1S/C13H9Cl2IN2O/c14-8-4-9(15)6-12(5-8)18-13(19)17-11-3-1-2-10(16)7-11/h1-7H,(H2,17,18,19). The number of amides is 2. The van der Waals surface area contributed by atoms with E-state index in [-0.39, 0.29) is 6.03 Å². The zero-order valence-corrected chi connectivity index (χ0v) is 13.3. The molecule has 2 aromatic rings. The Morgan fingerprint density at radius 1 is 0.947 bits per heavy atom. The monoisotopic (exact) mass is 406 g/mol. The van der Waals surface area contributed by atoms with E-state index in [0.717, 1.165) is 9.26 Å². The molecule has 0 spiro atoms. The summed E-state index contributed by atoms with van der Waals surface area (Å²) < 4.78 is 1.04. The summed E-state index contributed by atoms with van der Waals surface area (Å²) in [5, 5.41) is 6.34. The van der Waals surface area contributed by atoms with Crippen LogP contribution in [0, 0.1) is 3.57 Å². The molecule has 0 aliphatic carbocycles. The zero-order chi connectivity index (χ0) is 13.8. The van der Waals surface area contributed by atoms with Crippen LogP contribution in [0.1, 0.15) is 0 Å². The molecule has 3 nitrogen and oxygen atoms in total. The van der Waals surface area contributed by atoms with E-state index in [1.54, 1.807) is 18.2 Å². The van der Waals surface area contributed by atoms with Crippen molar-refractivity contribution in [1.29, 1.82) is 0 Å². The van der Waals surface area contributed by atoms with E-state index in [0.29, 0.717) is 15.7 Å². The first-order chi connectivity index (χ1) is 9.02. The van der Waals surface area contributed by atoms with Gasteiger partial charge < -0.3 is 10.6 Å². The number of benzene rings is 2. The number of anilines is 2. The van der Waals surface area contributed by atoms with Crippen molar-refractivity contribution >= 4 is 63.2 Å². The molecule has 2 rings (SSSR count). The van der Waals surface area contributed by atoms with Crippen molar-refractivity contribution < 1.29 is 4.79 Å². The number of hydrogen-bond donors (Lipinski definition) is 2. The number of halogens is 3. The third kappa shape index (κ3) is 4.56. The van der Waals surface area contributed by atoms with Gasteiger partial charge in [0.05, 0.1) is 0 Å². The molecule has 0 unspecified atom stereocenters. The van der Waals surface area contributed by atoms with Crippen molar-refractivity contribution in [1.82, 2.24) is 0 Å². The van der Waals surface area contributed by atoms with Crippen LogP contribution >= 0.6 is 45.8 Å². The van der Waals surface area contributed by atoms with Crippen LogP contribution in [0.25, 0.3) is 0 Å². The summed E-state index contributed by atoms with van der Waals surface area (Å²) in [4.78, 5) is 11.8. The Labute approximate surface area is 134 Å². The van der Waals surface area contributed by atoms with Gasteiger partial charge in [-0.05, 0) is 59.0 Å². The highest BCUT2D eigenvalue weighted by atomic mass is 127. The summed E-state index contributed by atoms with van der Waals surface area (Å²) in [5.74, 6) is 0. The highest BCUT2D eigenvalue weighted by Gasteiger charge is 2.04. The molecule has 0 heterocycles. The van der Waals surface area contributed by atoms with Gasteiger partial charge in [-0.2, -0.15) is 0 Å². The summed E-state index contributed by atoms with van der Waals surface area (Å²) in [7, 11) is 0. The minimum absolute atomic E-state index is 0.347. The van der Waals surface area contributed by atoms with Crippen molar-refractivity contribution in [2.45, 2.75) is 0 Å².